The summed E-state index contributed by atoms with van der Waals surface area (Å²) in [6, 6.07) is 22.6. The number of fused-ring (bicyclic) bond motifs is 1. The highest BCUT2D eigenvalue weighted by molar-refractivity contribution is 5.96. The Hall–Kier alpha value is -3.24. The van der Waals surface area contributed by atoms with E-state index in [1.54, 1.807) is 0 Å². The van der Waals surface area contributed by atoms with Crippen LogP contribution in [0.2, 0.25) is 0 Å². The third-order valence-corrected chi connectivity index (χ3v) is 5.71. The molecule has 1 N–H and O–H groups in total. The van der Waals surface area contributed by atoms with Crippen LogP contribution in [0.4, 0.5) is 0 Å². The predicted octanol–water partition coefficient (Wildman–Crippen LogP) is 5.02. The second-order valence-corrected chi connectivity index (χ2v) is 8.50. The van der Waals surface area contributed by atoms with Crippen LogP contribution in [0.25, 0.3) is 11.1 Å². The van der Waals surface area contributed by atoms with Crippen LogP contribution in [-0.2, 0) is 6.54 Å². The van der Waals surface area contributed by atoms with Crippen LogP contribution in [0.15, 0.2) is 71.7 Å². The minimum atomic E-state index is -0.0464. The van der Waals surface area contributed by atoms with Gasteiger partial charge in [-0.25, -0.2) is 0 Å². The highest BCUT2D eigenvalue weighted by Crippen LogP contribution is 2.26. The summed E-state index contributed by atoms with van der Waals surface area (Å²) in [6.07, 6.45) is 2.78. The van der Waals surface area contributed by atoms with Crippen molar-refractivity contribution in [3.8, 4) is 11.1 Å². The van der Waals surface area contributed by atoms with Crippen molar-refractivity contribution in [2.24, 2.45) is 4.99 Å². The largest absolute Gasteiger partial charge is 0.345 e. The molecule has 158 valence electrons. The Morgan fingerprint density at radius 1 is 1.03 bits per heavy atom. The Balaban J connectivity index is 1.56. The van der Waals surface area contributed by atoms with Gasteiger partial charge in [0.2, 0.25) is 0 Å². The zero-order valence-electron chi connectivity index (χ0n) is 18.4. The standard InChI is InChI=1S/C27H29N3O/c1-19-6-4-8-22(14-19)26(12-13-30(2)3)29-27(31)23-9-5-7-20(15-23)21-10-11-24-17-28-18-25(24)16-21/h4-11,14-16,18,26H,12-13,17H2,1-3H3,(H,29,31). The van der Waals surface area contributed by atoms with Gasteiger partial charge in [0, 0.05) is 11.8 Å². The molecular formula is C27H29N3O. The van der Waals surface area contributed by atoms with Crippen molar-refractivity contribution in [2.45, 2.75) is 25.9 Å². The van der Waals surface area contributed by atoms with Gasteiger partial charge in [-0.1, -0.05) is 54.1 Å². The van der Waals surface area contributed by atoms with Crippen molar-refractivity contribution < 1.29 is 4.79 Å². The summed E-state index contributed by atoms with van der Waals surface area (Å²) < 4.78 is 0. The predicted molar refractivity (Wildman–Crippen MR) is 128 cm³/mol. The van der Waals surface area contributed by atoms with Gasteiger partial charge in [-0.15, -0.1) is 0 Å². The van der Waals surface area contributed by atoms with Gasteiger partial charge in [0.1, 0.15) is 0 Å². The molecule has 0 saturated heterocycles. The smallest absolute Gasteiger partial charge is 0.251 e. The molecule has 0 bridgehead atoms. The maximum Gasteiger partial charge on any atom is 0.251 e. The number of hydrogen-bond acceptors (Lipinski definition) is 3. The van der Waals surface area contributed by atoms with Crippen molar-refractivity contribution in [3.05, 3.63) is 94.5 Å². The average molecular weight is 412 g/mol. The summed E-state index contributed by atoms with van der Waals surface area (Å²) in [5, 5.41) is 3.27. The van der Waals surface area contributed by atoms with Crippen LogP contribution in [-0.4, -0.2) is 37.7 Å². The third-order valence-electron chi connectivity index (χ3n) is 5.71. The molecule has 0 fully saturated rings. The first-order valence-corrected chi connectivity index (χ1v) is 10.7. The van der Waals surface area contributed by atoms with E-state index in [-0.39, 0.29) is 11.9 Å². The lowest BCUT2D eigenvalue weighted by Crippen LogP contribution is -2.31. The number of carbonyl (C=O) groups excluding carboxylic acids is 1. The normalized spacial score (nSPS) is 13.3. The van der Waals surface area contributed by atoms with Gasteiger partial charge in [0.05, 0.1) is 12.6 Å². The lowest BCUT2D eigenvalue weighted by Gasteiger charge is -2.22. The fourth-order valence-corrected chi connectivity index (χ4v) is 3.96. The van der Waals surface area contributed by atoms with Crippen LogP contribution in [0.3, 0.4) is 0 Å². The van der Waals surface area contributed by atoms with Gasteiger partial charge in [0.15, 0.2) is 0 Å². The van der Waals surface area contributed by atoms with Crippen LogP contribution >= 0.6 is 0 Å². The Morgan fingerprint density at radius 2 is 1.84 bits per heavy atom. The number of aliphatic imine (C=N–C) groups is 1. The van der Waals surface area contributed by atoms with Gasteiger partial charge in [-0.3, -0.25) is 9.79 Å². The molecule has 0 aromatic heterocycles. The SMILES string of the molecule is Cc1cccc(C(CCN(C)C)NC(=O)c2cccc(-c3ccc4c(c3)C=NC4)c2)c1. The van der Waals surface area contributed by atoms with E-state index in [2.05, 4.69) is 84.8 Å². The summed E-state index contributed by atoms with van der Waals surface area (Å²) in [5.74, 6) is -0.0464. The molecule has 1 unspecified atom stereocenters. The molecule has 1 aliphatic rings. The molecule has 1 atom stereocenters. The molecule has 31 heavy (non-hydrogen) atoms. The first kappa shape index (κ1) is 21.0. The molecule has 1 amide bonds. The van der Waals surface area contributed by atoms with Crippen LogP contribution in [0.5, 0.6) is 0 Å². The first-order chi connectivity index (χ1) is 15.0. The molecule has 0 saturated carbocycles. The number of benzene rings is 3. The van der Waals surface area contributed by atoms with Gasteiger partial charge >= 0.3 is 0 Å². The maximum absolute atomic E-state index is 13.2. The van der Waals surface area contributed by atoms with E-state index < -0.39 is 0 Å². The number of hydrogen-bond donors (Lipinski definition) is 1. The van der Waals surface area contributed by atoms with Gasteiger partial charge in [0.25, 0.3) is 5.91 Å². The minimum Gasteiger partial charge on any atom is -0.345 e. The molecule has 1 heterocycles. The zero-order valence-corrected chi connectivity index (χ0v) is 18.4. The van der Waals surface area contributed by atoms with E-state index in [9.17, 15) is 4.79 Å². The lowest BCUT2D eigenvalue weighted by molar-refractivity contribution is 0.0932. The number of amides is 1. The number of carbonyl (C=O) groups is 1. The summed E-state index contributed by atoms with van der Waals surface area (Å²) in [5.41, 5.74) is 7.57. The summed E-state index contributed by atoms with van der Waals surface area (Å²) in [7, 11) is 4.11. The Morgan fingerprint density at radius 3 is 2.65 bits per heavy atom. The fraction of sp³-hybridized carbons (Fsp3) is 0.259. The van der Waals surface area contributed by atoms with Gasteiger partial charge in [-0.05, 0) is 80.0 Å². The average Bonchev–Trinajstić information content (AvgIpc) is 3.24. The highest BCUT2D eigenvalue weighted by atomic mass is 16.1. The number of nitrogens with zero attached hydrogens (tertiary/aromatic N) is 2. The van der Waals surface area contributed by atoms with Crippen LogP contribution < -0.4 is 5.32 Å². The van der Waals surface area contributed by atoms with Crippen molar-refractivity contribution in [2.75, 3.05) is 20.6 Å². The molecule has 3 aromatic rings. The van der Waals surface area contributed by atoms with E-state index in [4.69, 9.17) is 0 Å². The summed E-state index contributed by atoms with van der Waals surface area (Å²) in [4.78, 5) is 19.7. The maximum atomic E-state index is 13.2. The van der Waals surface area contributed by atoms with Gasteiger partial charge < -0.3 is 10.2 Å². The van der Waals surface area contributed by atoms with Crippen molar-refractivity contribution >= 4 is 12.1 Å². The van der Waals surface area contributed by atoms with Crippen molar-refractivity contribution in [1.29, 1.82) is 0 Å². The van der Waals surface area contributed by atoms with E-state index in [0.717, 1.165) is 41.8 Å². The monoisotopic (exact) mass is 411 g/mol. The quantitative estimate of drug-likeness (QED) is 0.593. The minimum absolute atomic E-state index is 0.0327. The molecule has 3 aromatic carbocycles. The van der Waals surface area contributed by atoms with E-state index in [1.165, 1.54) is 11.1 Å². The van der Waals surface area contributed by atoms with Crippen LogP contribution in [0, 0.1) is 6.92 Å². The van der Waals surface area contributed by atoms with Crippen LogP contribution in [0.1, 0.15) is 45.1 Å². The zero-order chi connectivity index (χ0) is 21.8. The van der Waals surface area contributed by atoms with Crippen molar-refractivity contribution in [1.82, 2.24) is 10.2 Å². The highest BCUT2D eigenvalue weighted by Gasteiger charge is 2.17. The number of nitrogens with one attached hydrogen (secondary N) is 1. The number of aryl methyl sites for hydroxylation is 1. The van der Waals surface area contributed by atoms with E-state index in [0.29, 0.717) is 5.56 Å². The summed E-state index contributed by atoms with van der Waals surface area (Å²) in [6.45, 7) is 3.74. The third kappa shape index (κ3) is 5.09. The molecular weight excluding hydrogens is 382 g/mol. The molecule has 0 radical (unpaired) electrons. The molecule has 4 heteroatoms. The molecule has 0 spiro atoms. The first-order valence-electron chi connectivity index (χ1n) is 10.7. The second-order valence-electron chi connectivity index (χ2n) is 8.50. The molecule has 1 aliphatic heterocycles. The Kier molecular flexibility index (Phi) is 6.28. The fourth-order valence-electron chi connectivity index (χ4n) is 3.96. The van der Waals surface area contributed by atoms with E-state index >= 15 is 0 Å². The second kappa shape index (κ2) is 9.27. The molecule has 4 nitrogen and oxygen atoms in total. The number of rotatable bonds is 7. The molecule has 0 aliphatic carbocycles. The Bertz CT molecular complexity index is 1120. The van der Waals surface area contributed by atoms with Gasteiger partial charge in [-0.2, -0.15) is 0 Å². The topological polar surface area (TPSA) is 44.7 Å². The molecule has 4 rings (SSSR count). The van der Waals surface area contributed by atoms with Crippen molar-refractivity contribution in [3.63, 3.8) is 0 Å². The Labute approximate surface area is 184 Å². The lowest BCUT2D eigenvalue weighted by atomic mass is 9.98. The summed E-state index contributed by atoms with van der Waals surface area (Å²) >= 11 is 0. The van der Waals surface area contributed by atoms with E-state index in [1.807, 2.05) is 24.4 Å².